The highest BCUT2D eigenvalue weighted by Gasteiger charge is 2.33. The first kappa shape index (κ1) is 16.4. The number of aryl methyl sites for hydroxylation is 1. The zero-order chi connectivity index (χ0) is 15.7. The van der Waals surface area contributed by atoms with Crippen molar-refractivity contribution in [1.82, 2.24) is 4.72 Å². The Morgan fingerprint density at radius 3 is 2.71 bits per heavy atom. The number of hydrogen-bond acceptors (Lipinski definition) is 4. The van der Waals surface area contributed by atoms with E-state index in [2.05, 4.69) is 4.72 Å². The predicted molar refractivity (Wildman–Crippen MR) is 85.8 cm³/mol. The summed E-state index contributed by atoms with van der Waals surface area (Å²) in [7, 11) is -3.60. The molecule has 1 unspecified atom stereocenters. The van der Waals surface area contributed by atoms with E-state index in [1.165, 1.54) is 6.07 Å². The third-order valence-corrected chi connectivity index (χ3v) is 5.45. The largest absolute Gasteiger partial charge is 0.389 e. The average molecular weight is 328 g/mol. The number of nitrogens with two attached hydrogens (primary N) is 1. The molecule has 0 aromatic heterocycles. The molecule has 3 N–H and O–H groups in total. The van der Waals surface area contributed by atoms with Gasteiger partial charge in [-0.1, -0.05) is 18.3 Å². The van der Waals surface area contributed by atoms with Crippen LogP contribution in [0.25, 0.3) is 0 Å². The van der Waals surface area contributed by atoms with Crippen LogP contribution in [0.15, 0.2) is 23.1 Å². The molecule has 1 heterocycles. The summed E-state index contributed by atoms with van der Waals surface area (Å²) in [5, 5.41) is 0. The summed E-state index contributed by atoms with van der Waals surface area (Å²) in [6, 6.07) is 4.76. The second kappa shape index (κ2) is 6.00. The van der Waals surface area contributed by atoms with Gasteiger partial charge in [-0.3, -0.25) is 0 Å². The van der Waals surface area contributed by atoms with Gasteiger partial charge in [0.05, 0.1) is 17.0 Å². The highest BCUT2D eigenvalue weighted by Crippen LogP contribution is 2.23. The lowest BCUT2D eigenvalue weighted by Gasteiger charge is -2.33. The zero-order valence-electron chi connectivity index (χ0n) is 12.2. The van der Waals surface area contributed by atoms with Gasteiger partial charge in [-0.15, -0.1) is 0 Å². The SMILES string of the molecule is Cc1cc(S(=O)(=O)NC2(C)CCCOC2)ccc1C(N)=S. The normalized spacial score (nSPS) is 23.0. The van der Waals surface area contributed by atoms with Crippen LogP contribution in [0.3, 0.4) is 0 Å². The van der Waals surface area contributed by atoms with Crippen molar-refractivity contribution < 1.29 is 13.2 Å². The maximum Gasteiger partial charge on any atom is 0.241 e. The second-order valence-electron chi connectivity index (χ2n) is 5.66. The first-order chi connectivity index (χ1) is 9.73. The fourth-order valence-electron chi connectivity index (χ4n) is 2.48. The molecule has 0 spiro atoms. The van der Waals surface area contributed by atoms with E-state index in [1.807, 2.05) is 6.92 Å². The molecule has 1 saturated heterocycles. The molecule has 0 saturated carbocycles. The van der Waals surface area contributed by atoms with Crippen LogP contribution in [0.4, 0.5) is 0 Å². The molecule has 0 radical (unpaired) electrons. The van der Waals surface area contributed by atoms with Gasteiger partial charge in [-0.05, 0) is 44.4 Å². The molecule has 1 aromatic carbocycles. The van der Waals surface area contributed by atoms with E-state index in [1.54, 1.807) is 19.1 Å². The van der Waals surface area contributed by atoms with Crippen molar-refractivity contribution in [1.29, 1.82) is 0 Å². The van der Waals surface area contributed by atoms with Crippen LogP contribution < -0.4 is 10.5 Å². The molecule has 0 bridgehead atoms. The summed E-state index contributed by atoms with van der Waals surface area (Å²) in [6.45, 7) is 4.72. The van der Waals surface area contributed by atoms with E-state index in [9.17, 15) is 8.42 Å². The zero-order valence-corrected chi connectivity index (χ0v) is 13.8. The third kappa shape index (κ3) is 3.79. The first-order valence-electron chi connectivity index (χ1n) is 6.76. The number of nitrogens with one attached hydrogen (secondary N) is 1. The fraction of sp³-hybridized carbons (Fsp3) is 0.500. The van der Waals surface area contributed by atoms with Crippen molar-refractivity contribution in [3.8, 4) is 0 Å². The van der Waals surface area contributed by atoms with Crippen LogP contribution in [0.1, 0.15) is 30.9 Å². The van der Waals surface area contributed by atoms with Crippen LogP contribution in [-0.2, 0) is 14.8 Å². The summed E-state index contributed by atoms with van der Waals surface area (Å²) in [5.41, 5.74) is 6.47. The Kier molecular flexibility index (Phi) is 4.67. The van der Waals surface area contributed by atoms with Crippen molar-refractivity contribution >= 4 is 27.2 Å². The summed E-state index contributed by atoms with van der Waals surface area (Å²) in [4.78, 5) is 0.476. The number of sulfonamides is 1. The van der Waals surface area contributed by atoms with Crippen LogP contribution in [0, 0.1) is 6.92 Å². The molecule has 0 aliphatic carbocycles. The molecule has 7 heteroatoms. The number of ether oxygens (including phenoxy) is 1. The van der Waals surface area contributed by atoms with Gasteiger partial charge in [0.2, 0.25) is 10.0 Å². The average Bonchev–Trinajstić information content (AvgIpc) is 2.37. The summed E-state index contributed by atoms with van der Waals surface area (Å²) < 4.78 is 33.1. The Hall–Kier alpha value is -1.02. The molecular weight excluding hydrogens is 308 g/mol. The van der Waals surface area contributed by atoms with Crippen molar-refractivity contribution in [2.24, 2.45) is 5.73 Å². The Bertz CT molecular complexity index is 650. The van der Waals surface area contributed by atoms with Gasteiger partial charge >= 0.3 is 0 Å². The summed E-state index contributed by atoms with van der Waals surface area (Å²) in [6.07, 6.45) is 1.61. The van der Waals surface area contributed by atoms with Gasteiger partial charge in [0.15, 0.2) is 0 Å². The van der Waals surface area contributed by atoms with Crippen molar-refractivity contribution in [2.45, 2.75) is 37.1 Å². The molecule has 0 amide bonds. The monoisotopic (exact) mass is 328 g/mol. The molecular formula is C14H20N2O3S2. The lowest BCUT2D eigenvalue weighted by Crippen LogP contribution is -2.51. The Labute approximate surface area is 130 Å². The summed E-state index contributed by atoms with van der Waals surface area (Å²) >= 11 is 4.93. The molecule has 1 fully saturated rings. The Morgan fingerprint density at radius 2 is 2.19 bits per heavy atom. The maximum absolute atomic E-state index is 12.5. The minimum Gasteiger partial charge on any atom is -0.389 e. The summed E-state index contributed by atoms with van der Waals surface area (Å²) in [5.74, 6) is 0. The second-order valence-corrected chi connectivity index (χ2v) is 7.79. The van der Waals surface area contributed by atoms with E-state index in [0.29, 0.717) is 18.8 Å². The molecule has 5 nitrogen and oxygen atoms in total. The van der Waals surface area contributed by atoms with Crippen molar-refractivity contribution in [3.05, 3.63) is 29.3 Å². The van der Waals surface area contributed by atoms with Crippen LogP contribution in [0.2, 0.25) is 0 Å². The van der Waals surface area contributed by atoms with Crippen LogP contribution in [0.5, 0.6) is 0 Å². The van der Waals surface area contributed by atoms with E-state index >= 15 is 0 Å². The lowest BCUT2D eigenvalue weighted by atomic mass is 9.97. The number of rotatable bonds is 4. The van der Waals surface area contributed by atoms with Crippen LogP contribution in [-0.4, -0.2) is 32.2 Å². The van der Waals surface area contributed by atoms with Gasteiger partial charge < -0.3 is 10.5 Å². The number of thiocarbonyl (C=S) groups is 1. The highest BCUT2D eigenvalue weighted by molar-refractivity contribution is 7.89. The Morgan fingerprint density at radius 1 is 1.48 bits per heavy atom. The Balaban J connectivity index is 2.27. The maximum atomic E-state index is 12.5. The van der Waals surface area contributed by atoms with Gasteiger partial charge in [-0.25, -0.2) is 13.1 Å². The molecule has 1 aliphatic rings. The topological polar surface area (TPSA) is 81.4 Å². The molecule has 1 atom stereocenters. The van der Waals surface area contributed by atoms with Gasteiger partial charge in [0.1, 0.15) is 4.99 Å². The smallest absolute Gasteiger partial charge is 0.241 e. The van der Waals surface area contributed by atoms with E-state index in [-0.39, 0.29) is 9.88 Å². The van der Waals surface area contributed by atoms with E-state index < -0.39 is 15.6 Å². The van der Waals surface area contributed by atoms with Crippen molar-refractivity contribution in [3.63, 3.8) is 0 Å². The first-order valence-corrected chi connectivity index (χ1v) is 8.65. The van der Waals surface area contributed by atoms with E-state index in [4.69, 9.17) is 22.7 Å². The standard InChI is InChI=1S/C14H20N2O3S2/c1-10-8-11(4-5-12(10)13(15)20)21(17,18)16-14(2)6-3-7-19-9-14/h4-5,8,16H,3,6-7,9H2,1-2H3,(H2,15,20). The molecule has 2 rings (SSSR count). The number of benzene rings is 1. The molecule has 1 aliphatic heterocycles. The lowest BCUT2D eigenvalue weighted by molar-refractivity contribution is 0.0386. The van der Waals surface area contributed by atoms with Crippen LogP contribution >= 0.6 is 12.2 Å². The van der Waals surface area contributed by atoms with Crippen molar-refractivity contribution in [2.75, 3.05) is 13.2 Å². The third-order valence-electron chi connectivity index (χ3n) is 3.59. The highest BCUT2D eigenvalue weighted by atomic mass is 32.2. The predicted octanol–water partition coefficient (Wildman–Crippen LogP) is 1.48. The molecule has 1 aromatic rings. The minimum atomic E-state index is -3.60. The van der Waals surface area contributed by atoms with Gasteiger partial charge in [0.25, 0.3) is 0 Å². The molecule has 21 heavy (non-hydrogen) atoms. The fourth-order valence-corrected chi connectivity index (χ4v) is 4.21. The van der Waals surface area contributed by atoms with E-state index in [0.717, 1.165) is 18.4 Å². The quantitative estimate of drug-likeness (QED) is 0.818. The molecule has 116 valence electrons. The minimum absolute atomic E-state index is 0.215. The van der Waals surface area contributed by atoms with Gasteiger partial charge in [0, 0.05) is 12.2 Å². The van der Waals surface area contributed by atoms with Gasteiger partial charge in [-0.2, -0.15) is 0 Å². The number of hydrogen-bond donors (Lipinski definition) is 2.